The summed E-state index contributed by atoms with van der Waals surface area (Å²) in [4.78, 5) is 16.1. The maximum atomic E-state index is 12.1. The van der Waals surface area contributed by atoms with Crippen molar-refractivity contribution in [3.8, 4) is 11.4 Å². The van der Waals surface area contributed by atoms with Gasteiger partial charge in [0.05, 0.1) is 10.2 Å². The Balaban J connectivity index is 1.32. The van der Waals surface area contributed by atoms with Crippen LogP contribution in [0.15, 0.2) is 77.8 Å². The number of hydrogen-bond donors (Lipinski definition) is 1. The SMILES string of the molecule is O=C(COc1ccc2ccccc2c1Br)NCc1ccc(-n2cncn2)cc1. The van der Waals surface area contributed by atoms with Crippen molar-refractivity contribution in [3.05, 3.63) is 83.4 Å². The molecule has 0 aliphatic rings. The van der Waals surface area contributed by atoms with Crippen LogP contribution in [0.3, 0.4) is 0 Å². The van der Waals surface area contributed by atoms with E-state index >= 15 is 0 Å². The number of nitrogens with zero attached hydrogens (tertiary/aromatic N) is 3. The van der Waals surface area contributed by atoms with Gasteiger partial charge in [0.15, 0.2) is 6.61 Å². The lowest BCUT2D eigenvalue weighted by molar-refractivity contribution is -0.123. The number of rotatable bonds is 6. The van der Waals surface area contributed by atoms with Crippen LogP contribution in [-0.2, 0) is 11.3 Å². The van der Waals surface area contributed by atoms with Crippen molar-refractivity contribution in [2.45, 2.75) is 6.54 Å². The van der Waals surface area contributed by atoms with Gasteiger partial charge in [0.2, 0.25) is 0 Å². The van der Waals surface area contributed by atoms with Gasteiger partial charge in [0, 0.05) is 6.54 Å². The van der Waals surface area contributed by atoms with Crippen LogP contribution in [0.5, 0.6) is 5.75 Å². The van der Waals surface area contributed by atoms with E-state index in [4.69, 9.17) is 4.74 Å². The van der Waals surface area contributed by atoms with Crippen LogP contribution in [0, 0.1) is 0 Å². The van der Waals surface area contributed by atoms with Gasteiger partial charge in [-0.3, -0.25) is 4.79 Å². The molecule has 0 saturated heterocycles. The molecule has 0 radical (unpaired) electrons. The zero-order chi connectivity index (χ0) is 19.3. The summed E-state index contributed by atoms with van der Waals surface area (Å²) in [6, 6.07) is 19.6. The smallest absolute Gasteiger partial charge is 0.258 e. The molecule has 1 amide bonds. The predicted molar refractivity (Wildman–Crippen MR) is 110 cm³/mol. The van der Waals surface area contributed by atoms with Crippen LogP contribution in [-0.4, -0.2) is 27.3 Å². The molecule has 28 heavy (non-hydrogen) atoms. The van der Waals surface area contributed by atoms with Crippen molar-refractivity contribution in [1.29, 1.82) is 0 Å². The lowest BCUT2D eigenvalue weighted by Crippen LogP contribution is -2.28. The third-order valence-corrected chi connectivity index (χ3v) is 5.11. The molecule has 0 fully saturated rings. The van der Waals surface area contributed by atoms with Crippen LogP contribution < -0.4 is 10.1 Å². The third-order valence-electron chi connectivity index (χ3n) is 4.30. The summed E-state index contributed by atoms with van der Waals surface area (Å²) in [6.07, 6.45) is 3.13. The van der Waals surface area contributed by atoms with Crippen molar-refractivity contribution in [2.75, 3.05) is 6.61 Å². The molecule has 4 aromatic rings. The Morgan fingerprint density at radius 3 is 2.68 bits per heavy atom. The molecular formula is C21H17BrN4O2. The van der Waals surface area contributed by atoms with Crippen molar-refractivity contribution in [1.82, 2.24) is 20.1 Å². The van der Waals surface area contributed by atoms with Crippen molar-refractivity contribution in [2.24, 2.45) is 0 Å². The molecular weight excluding hydrogens is 420 g/mol. The third kappa shape index (κ3) is 4.04. The quantitative estimate of drug-likeness (QED) is 0.497. The number of hydrogen-bond acceptors (Lipinski definition) is 4. The molecule has 6 nitrogen and oxygen atoms in total. The number of nitrogens with one attached hydrogen (secondary N) is 1. The summed E-state index contributed by atoms with van der Waals surface area (Å²) < 4.78 is 8.21. The first-order valence-corrected chi connectivity index (χ1v) is 9.51. The summed E-state index contributed by atoms with van der Waals surface area (Å²) in [5, 5.41) is 9.11. The summed E-state index contributed by atoms with van der Waals surface area (Å²) in [6.45, 7) is 0.382. The number of ether oxygens (including phenoxy) is 1. The Hall–Kier alpha value is -3.19. The average Bonchev–Trinajstić information content (AvgIpc) is 3.27. The number of halogens is 1. The van der Waals surface area contributed by atoms with Gasteiger partial charge in [-0.15, -0.1) is 0 Å². The van der Waals surface area contributed by atoms with E-state index in [0.717, 1.165) is 26.5 Å². The van der Waals surface area contributed by atoms with E-state index in [1.807, 2.05) is 60.7 Å². The zero-order valence-corrected chi connectivity index (χ0v) is 16.5. The molecule has 4 rings (SSSR count). The van der Waals surface area contributed by atoms with Gasteiger partial charge >= 0.3 is 0 Å². The Morgan fingerprint density at radius 2 is 1.89 bits per heavy atom. The van der Waals surface area contributed by atoms with Crippen LogP contribution in [0.25, 0.3) is 16.5 Å². The number of carbonyl (C=O) groups excluding carboxylic acids is 1. The highest BCUT2D eigenvalue weighted by Crippen LogP contribution is 2.32. The molecule has 0 bridgehead atoms. The van der Waals surface area contributed by atoms with Gasteiger partial charge in [0.25, 0.3) is 5.91 Å². The van der Waals surface area contributed by atoms with Crippen molar-refractivity contribution >= 4 is 32.6 Å². The summed E-state index contributed by atoms with van der Waals surface area (Å²) >= 11 is 3.56. The summed E-state index contributed by atoms with van der Waals surface area (Å²) in [7, 11) is 0. The zero-order valence-electron chi connectivity index (χ0n) is 14.9. The largest absolute Gasteiger partial charge is 0.483 e. The predicted octanol–water partition coefficient (Wildman–Crippen LogP) is 3.88. The second-order valence-electron chi connectivity index (χ2n) is 6.17. The van der Waals surface area contributed by atoms with Crippen LogP contribution in [0.4, 0.5) is 0 Å². The van der Waals surface area contributed by atoms with E-state index in [1.54, 1.807) is 11.0 Å². The van der Waals surface area contributed by atoms with E-state index < -0.39 is 0 Å². The molecule has 0 aliphatic heterocycles. The van der Waals surface area contributed by atoms with E-state index in [9.17, 15) is 4.79 Å². The molecule has 0 spiro atoms. The van der Waals surface area contributed by atoms with Crippen LogP contribution in [0.2, 0.25) is 0 Å². The van der Waals surface area contributed by atoms with Gasteiger partial charge in [-0.2, -0.15) is 5.10 Å². The fraction of sp³-hybridized carbons (Fsp3) is 0.0952. The molecule has 0 aliphatic carbocycles. The highest BCUT2D eigenvalue weighted by molar-refractivity contribution is 9.10. The van der Waals surface area contributed by atoms with Crippen LogP contribution in [0.1, 0.15) is 5.56 Å². The Bertz CT molecular complexity index is 1100. The summed E-state index contributed by atoms with van der Waals surface area (Å²) in [5.41, 5.74) is 1.90. The number of benzene rings is 3. The van der Waals surface area contributed by atoms with E-state index in [-0.39, 0.29) is 12.5 Å². The Morgan fingerprint density at radius 1 is 1.07 bits per heavy atom. The lowest BCUT2D eigenvalue weighted by Gasteiger charge is -2.11. The first-order valence-electron chi connectivity index (χ1n) is 8.71. The Kier molecular flexibility index (Phi) is 5.34. The number of fused-ring (bicyclic) bond motifs is 1. The molecule has 0 saturated carbocycles. The highest BCUT2D eigenvalue weighted by Gasteiger charge is 2.08. The van der Waals surface area contributed by atoms with Gasteiger partial charge in [-0.05, 0) is 50.5 Å². The van der Waals surface area contributed by atoms with Gasteiger partial charge in [-0.1, -0.05) is 42.5 Å². The van der Waals surface area contributed by atoms with E-state index in [1.165, 1.54) is 6.33 Å². The monoisotopic (exact) mass is 436 g/mol. The van der Waals surface area contributed by atoms with Crippen molar-refractivity contribution < 1.29 is 9.53 Å². The fourth-order valence-corrected chi connectivity index (χ4v) is 3.44. The minimum atomic E-state index is -0.180. The van der Waals surface area contributed by atoms with E-state index in [2.05, 4.69) is 31.3 Å². The van der Waals surface area contributed by atoms with Gasteiger partial charge < -0.3 is 10.1 Å². The van der Waals surface area contributed by atoms with Crippen LogP contribution >= 0.6 is 15.9 Å². The number of amides is 1. The van der Waals surface area contributed by atoms with Crippen molar-refractivity contribution in [3.63, 3.8) is 0 Å². The molecule has 3 aromatic carbocycles. The maximum Gasteiger partial charge on any atom is 0.258 e. The first-order chi connectivity index (χ1) is 13.7. The second-order valence-corrected chi connectivity index (χ2v) is 6.96. The highest BCUT2D eigenvalue weighted by atomic mass is 79.9. The molecule has 1 aromatic heterocycles. The molecule has 0 unspecified atom stereocenters. The normalized spacial score (nSPS) is 10.8. The maximum absolute atomic E-state index is 12.1. The standard InChI is InChI=1S/C21H17BrN4O2/c22-21-18-4-2-1-3-16(18)7-10-19(21)28-12-20(27)24-11-15-5-8-17(9-6-15)26-14-23-13-25-26/h1-10,13-14H,11-12H2,(H,24,27). The number of aromatic nitrogens is 3. The summed E-state index contributed by atoms with van der Waals surface area (Å²) in [5.74, 6) is 0.464. The molecule has 0 atom stereocenters. The molecule has 140 valence electrons. The number of carbonyl (C=O) groups is 1. The molecule has 1 N–H and O–H groups in total. The average molecular weight is 437 g/mol. The minimum Gasteiger partial charge on any atom is -0.483 e. The lowest BCUT2D eigenvalue weighted by atomic mass is 10.1. The molecule has 7 heteroatoms. The van der Waals surface area contributed by atoms with E-state index in [0.29, 0.717) is 12.3 Å². The van der Waals surface area contributed by atoms with Gasteiger partial charge in [-0.25, -0.2) is 9.67 Å². The second kappa shape index (κ2) is 8.22. The topological polar surface area (TPSA) is 69.0 Å². The Labute approximate surface area is 170 Å². The first kappa shape index (κ1) is 18.2. The molecule has 1 heterocycles. The van der Waals surface area contributed by atoms with Gasteiger partial charge in [0.1, 0.15) is 18.4 Å². The minimum absolute atomic E-state index is 0.0476. The fourth-order valence-electron chi connectivity index (χ4n) is 2.83.